The zero-order chi connectivity index (χ0) is 26.0. The molecule has 3 aromatic rings. The number of carbonyl (C=O) groups is 1. The van der Waals surface area contributed by atoms with Gasteiger partial charge in [0.15, 0.2) is 0 Å². The molecule has 3 rings (SSSR count). The van der Waals surface area contributed by atoms with E-state index in [0.717, 1.165) is 22.3 Å². The maximum Gasteiger partial charge on any atom is 0.264 e. The van der Waals surface area contributed by atoms with E-state index in [-0.39, 0.29) is 23.2 Å². The van der Waals surface area contributed by atoms with Crippen LogP contribution in [0.15, 0.2) is 65.8 Å². The van der Waals surface area contributed by atoms with Crippen LogP contribution in [0.4, 0.5) is 0 Å². The summed E-state index contributed by atoms with van der Waals surface area (Å²) in [6.07, 6.45) is 3.19. The summed E-state index contributed by atoms with van der Waals surface area (Å²) in [6, 6.07) is 14.1. The Morgan fingerprint density at radius 2 is 1.51 bits per heavy atom. The van der Waals surface area contributed by atoms with Crippen LogP contribution in [0.5, 0.6) is 0 Å². The van der Waals surface area contributed by atoms with Gasteiger partial charge in [0.1, 0.15) is 0 Å². The number of hydrogen-bond acceptors (Lipinski definition) is 5. The van der Waals surface area contributed by atoms with E-state index < -0.39 is 21.5 Å². The first-order valence-corrected chi connectivity index (χ1v) is 13.2. The average Bonchev–Trinajstić information content (AvgIpc) is 2.78. The van der Waals surface area contributed by atoms with Gasteiger partial charge in [0.05, 0.1) is 16.9 Å². The molecular weight excluding hydrogens is 460 g/mol. The minimum Gasteiger partial charge on any atom is -0.386 e. The highest BCUT2D eigenvalue weighted by atomic mass is 32.2. The van der Waals surface area contributed by atoms with Gasteiger partial charge in [0.25, 0.3) is 10.0 Å². The molecule has 2 aromatic carbocycles. The Kier molecular flexibility index (Phi) is 7.82. The second-order valence-corrected chi connectivity index (χ2v) is 11.7. The molecule has 0 saturated carbocycles. The molecule has 1 heterocycles. The molecule has 0 aliphatic rings. The fraction of sp³-hybridized carbons (Fsp3) is 0.357. The molecule has 6 nitrogen and oxygen atoms in total. The predicted molar refractivity (Wildman–Crippen MR) is 139 cm³/mol. The van der Waals surface area contributed by atoms with Gasteiger partial charge in [0, 0.05) is 12.4 Å². The number of hydrogen-bond donors (Lipinski definition) is 2. The number of sulfonamides is 1. The van der Waals surface area contributed by atoms with Crippen LogP contribution in [-0.2, 0) is 26.8 Å². The summed E-state index contributed by atoms with van der Waals surface area (Å²) in [7, 11) is -4.19. The number of nitrogens with one attached hydrogen (secondary N) is 1. The highest BCUT2D eigenvalue weighted by Gasteiger charge is 2.25. The van der Waals surface area contributed by atoms with E-state index in [2.05, 4.69) is 37.4 Å². The van der Waals surface area contributed by atoms with E-state index >= 15 is 0 Å². The number of pyridine rings is 1. The van der Waals surface area contributed by atoms with Crippen molar-refractivity contribution in [3.63, 3.8) is 0 Å². The van der Waals surface area contributed by atoms with Crippen molar-refractivity contribution in [2.75, 3.05) is 0 Å². The van der Waals surface area contributed by atoms with Crippen molar-refractivity contribution in [2.45, 2.75) is 70.3 Å². The SMILES string of the molecule is CC(C)c1cccc(C(C)C)c1CC(=O)NS(=O)(=O)c1cc(-c2ccncc2)cc(C(C)(C)O)c1. The molecule has 7 heteroatoms. The molecule has 0 unspecified atom stereocenters. The summed E-state index contributed by atoms with van der Waals surface area (Å²) in [4.78, 5) is 17.0. The normalized spacial score (nSPS) is 12.3. The minimum absolute atomic E-state index is 0.0382. The Morgan fingerprint density at radius 1 is 0.943 bits per heavy atom. The lowest BCUT2D eigenvalue weighted by atomic mass is 9.87. The van der Waals surface area contributed by atoms with Gasteiger partial charge in [0.2, 0.25) is 5.91 Å². The monoisotopic (exact) mass is 494 g/mol. The summed E-state index contributed by atoms with van der Waals surface area (Å²) in [5, 5.41) is 10.6. The molecular formula is C28H34N2O4S. The fourth-order valence-corrected chi connectivity index (χ4v) is 5.19. The number of benzene rings is 2. The molecule has 2 N–H and O–H groups in total. The highest BCUT2D eigenvalue weighted by molar-refractivity contribution is 7.90. The van der Waals surface area contributed by atoms with Crippen molar-refractivity contribution in [1.82, 2.24) is 9.71 Å². The quantitative estimate of drug-likeness (QED) is 0.445. The number of rotatable bonds is 8. The maximum atomic E-state index is 13.3. The Bertz CT molecular complexity index is 1280. The van der Waals surface area contributed by atoms with Crippen LogP contribution in [-0.4, -0.2) is 24.4 Å². The van der Waals surface area contributed by atoms with E-state index in [1.54, 1.807) is 44.4 Å². The third-order valence-electron chi connectivity index (χ3n) is 6.01. The fourth-order valence-electron chi connectivity index (χ4n) is 4.13. The second kappa shape index (κ2) is 10.3. The molecule has 0 radical (unpaired) electrons. The Labute approximate surface area is 208 Å². The maximum absolute atomic E-state index is 13.3. The van der Waals surface area contributed by atoms with E-state index in [9.17, 15) is 18.3 Å². The van der Waals surface area contributed by atoms with Gasteiger partial charge in [-0.15, -0.1) is 0 Å². The molecule has 186 valence electrons. The Hall–Kier alpha value is -3.03. The first-order chi connectivity index (χ1) is 16.3. The number of aromatic nitrogens is 1. The van der Waals surface area contributed by atoms with E-state index in [1.165, 1.54) is 12.1 Å². The van der Waals surface area contributed by atoms with Crippen LogP contribution >= 0.6 is 0 Å². The average molecular weight is 495 g/mol. The molecule has 1 aromatic heterocycles. The van der Waals surface area contributed by atoms with Crippen molar-refractivity contribution >= 4 is 15.9 Å². The number of aliphatic hydroxyl groups is 1. The molecule has 0 aliphatic carbocycles. The first-order valence-electron chi connectivity index (χ1n) is 11.7. The largest absolute Gasteiger partial charge is 0.386 e. The number of amides is 1. The van der Waals surface area contributed by atoms with E-state index in [1.807, 2.05) is 18.2 Å². The van der Waals surface area contributed by atoms with Crippen molar-refractivity contribution in [3.8, 4) is 11.1 Å². The molecule has 0 fully saturated rings. The van der Waals surface area contributed by atoms with Crippen LogP contribution in [0.2, 0.25) is 0 Å². The first kappa shape index (κ1) is 26.6. The van der Waals surface area contributed by atoms with Gasteiger partial charge in [-0.2, -0.15) is 0 Å². The lowest BCUT2D eigenvalue weighted by Crippen LogP contribution is -2.32. The standard InChI is InChI=1S/C28H34N2O4S/c1-18(2)24-8-7-9-25(19(3)4)26(24)17-27(31)30-35(33,34)23-15-21(20-10-12-29-13-11-20)14-22(16-23)28(5,6)32/h7-16,18-19,32H,17H2,1-6H3,(H,30,31). The smallest absolute Gasteiger partial charge is 0.264 e. The summed E-state index contributed by atoms with van der Waals surface area (Å²) >= 11 is 0. The van der Waals surface area contributed by atoms with Gasteiger partial charge in [-0.25, -0.2) is 13.1 Å². The number of carbonyl (C=O) groups excluding carboxylic acids is 1. The van der Waals surface area contributed by atoms with E-state index in [0.29, 0.717) is 11.1 Å². The summed E-state index contributed by atoms with van der Waals surface area (Å²) in [5.74, 6) is -0.210. The van der Waals surface area contributed by atoms with E-state index in [4.69, 9.17) is 0 Å². The van der Waals surface area contributed by atoms with Gasteiger partial charge in [-0.1, -0.05) is 45.9 Å². The minimum atomic E-state index is -4.19. The molecule has 0 atom stereocenters. The Morgan fingerprint density at radius 3 is 2.03 bits per heavy atom. The third-order valence-corrected chi connectivity index (χ3v) is 7.37. The van der Waals surface area contributed by atoms with Gasteiger partial charge >= 0.3 is 0 Å². The van der Waals surface area contributed by atoms with Gasteiger partial charge in [-0.3, -0.25) is 9.78 Å². The van der Waals surface area contributed by atoms with Crippen molar-refractivity contribution < 1.29 is 18.3 Å². The predicted octanol–water partition coefficient (Wildman–Crippen LogP) is 5.27. The van der Waals surface area contributed by atoms with Crippen LogP contribution in [0.25, 0.3) is 11.1 Å². The van der Waals surface area contributed by atoms with Gasteiger partial charge < -0.3 is 5.11 Å². The van der Waals surface area contributed by atoms with Gasteiger partial charge in [-0.05, 0) is 89.4 Å². The summed E-state index contributed by atoms with van der Waals surface area (Å²) in [6.45, 7) is 11.4. The van der Waals surface area contributed by atoms with Crippen LogP contribution in [0, 0.1) is 0 Å². The van der Waals surface area contributed by atoms with Crippen LogP contribution in [0.1, 0.15) is 75.6 Å². The van der Waals surface area contributed by atoms with Crippen molar-refractivity contribution in [1.29, 1.82) is 0 Å². The highest BCUT2D eigenvalue weighted by Crippen LogP contribution is 2.31. The zero-order valence-corrected chi connectivity index (χ0v) is 22.0. The zero-order valence-electron chi connectivity index (χ0n) is 21.2. The molecule has 0 aliphatic heterocycles. The molecule has 0 spiro atoms. The van der Waals surface area contributed by atoms with Crippen molar-refractivity contribution in [3.05, 3.63) is 83.2 Å². The molecule has 1 amide bonds. The third kappa shape index (κ3) is 6.35. The number of nitrogens with zero attached hydrogens (tertiary/aromatic N) is 1. The Balaban J connectivity index is 1.99. The molecule has 35 heavy (non-hydrogen) atoms. The summed E-state index contributed by atoms with van der Waals surface area (Å²) in [5.41, 5.74) is 3.44. The van der Waals surface area contributed by atoms with Crippen molar-refractivity contribution in [2.24, 2.45) is 0 Å². The van der Waals surface area contributed by atoms with Crippen LogP contribution in [0.3, 0.4) is 0 Å². The van der Waals surface area contributed by atoms with Crippen LogP contribution < -0.4 is 4.72 Å². The topological polar surface area (TPSA) is 96.4 Å². The lowest BCUT2D eigenvalue weighted by molar-refractivity contribution is -0.118. The lowest BCUT2D eigenvalue weighted by Gasteiger charge is -2.21. The summed E-state index contributed by atoms with van der Waals surface area (Å²) < 4.78 is 28.9. The second-order valence-electron chi connectivity index (χ2n) is 9.97. The molecule has 0 saturated heterocycles. The molecule has 0 bridgehead atoms.